The smallest absolute Gasteiger partial charge is 0.0683 e. The fourth-order valence-electron chi connectivity index (χ4n) is 2.27. The van der Waals surface area contributed by atoms with Crippen LogP contribution in [0.5, 0.6) is 0 Å². The number of hydrogen-bond acceptors (Lipinski definition) is 1. The molecule has 1 rings (SSSR count). The van der Waals surface area contributed by atoms with E-state index >= 15 is 0 Å². The Balaban J connectivity index is 2.33. The van der Waals surface area contributed by atoms with Crippen LogP contribution in [-0.2, 0) is 4.74 Å². The summed E-state index contributed by atoms with van der Waals surface area (Å²) in [6, 6.07) is 0. The van der Waals surface area contributed by atoms with Gasteiger partial charge in [-0.15, -0.1) is 0 Å². The Morgan fingerprint density at radius 3 is 2.08 bits per heavy atom. The zero-order chi connectivity index (χ0) is 9.57. The Bertz CT molecular complexity index is 115. The highest BCUT2D eigenvalue weighted by Crippen LogP contribution is 2.35. The van der Waals surface area contributed by atoms with E-state index in [9.17, 15) is 0 Å². The van der Waals surface area contributed by atoms with Crippen LogP contribution in [0.1, 0.15) is 65.2 Å². The van der Waals surface area contributed by atoms with E-state index in [1.165, 1.54) is 51.4 Å². The lowest BCUT2D eigenvalue weighted by Gasteiger charge is -2.28. The van der Waals surface area contributed by atoms with Crippen LogP contribution >= 0.6 is 0 Å². The molecule has 0 aliphatic carbocycles. The van der Waals surface area contributed by atoms with Gasteiger partial charge in [0.05, 0.1) is 5.60 Å². The van der Waals surface area contributed by atoms with Crippen molar-refractivity contribution in [2.75, 3.05) is 6.61 Å². The van der Waals surface area contributed by atoms with Gasteiger partial charge in [0.15, 0.2) is 0 Å². The Kier molecular flexibility index (Phi) is 4.79. The summed E-state index contributed by atoms with van der Waals surface area (Å²) in [6.07, 6.45) is 10.5. The Hall–Kier alpha value is -0.0400. The number of rotatable bonds is 6. The highest BCUT2D eigenvalue weighted by Gasteiger charge is 2.33. The van der Waals surface area contributed by atoms with Gasteiger partial charge in [-0.25, -0.2) is 0 Å². The molecule has 0 unspecified atom stereocenters. The van der Waals surface area contributed by atoms with Gasteiger partial charge in [0, 0.05) is 6.61 Å². The van der Waals surface area contributed by atoms with Gasteiger partial charge in [-0.3, -0.25) is 0 Å². The monoisotopic (exact) mass is 184 g/mol. The van der Waals surface area contributed by atoms with E-state index < -0.39 is 0 Å². The molecule has 1 nitrogen and oxygen atoms in total. The predicted molar refractivity (Wildman–Crippen MR) is 57.0 cm³/mol. The second kappa shape index (κ2) is 5.64. The second-order valence-corrected chi connectivity index (χ2v) is 4.34. The highest BCUT2D eigenvalue weighted by atomic mass is 16.5. The molecule has 1 fully saturated rings. The fraction of sp³-hybridized carbons (Fsp3) is 1.00. The minimum absolute atomic E-state index is 0.298. The largest absolute Gasteiger partial charge is 0.375 e. The molecule has 0 saturated carbocycles. The van der Waals surface area contributed by atoms with Gasteiger partial charge >= 0.3 is 0 Å². The van der Waals surface area contributed by atoms with Gasteiger partial charge in [0.2, 0.25) is 0 Å². The maximum absolute atomic E-state index is 5.94. The molecule has 0 radical (unpaired) electrons. The first-order valence-electron chi connectivity index (χ1n) is 5.97. The summed E-state index contributed by atoms with van der Waals surface area (Å²) in [6.45, 7) is 5.54. The second-order valence-electron chi connectivity index (χ2n) is 4.34. The summed E-state index contributed by atoms with van der Waals surface area (Å²) in [5.41, 5.74) is 0.298. The molecule has 1 saturated heterocycles. The Labute approximate surface area is 82.9 Å². The van der Waals surface area contributed by atoms with Crippen molar-refractivity contribution < 1.29 is 4.74 Å². The quantitative estimate of drug-likeness (QED) is 0.608. The van der Waals surface area contributed by atoms with Crippen molar-refractivity contribution in [1.29, 1.82) is 0 Å². The third-order valence-corrected chi connectivity index (χ3v) is 3.16. The summed E-state index contributed by atoms with van der Waals surface area (Å²) in [7, 11) is 0. The average molecular weight is 184 g/mol. The Morgan fingerprint density at radius 2 is 1.69 bits per heavy atom. The predicted octanol–water partition coefficient (Wildman–Crippen LogP) is 3.92. The van der Waals surface area contributed by atoms with Crippen molar-refractivity contribution in [2.45, 2.75) is 70.8 Å². The number of unbranched alkanes of at least 4 members (excludes halogenated alkanes) is 2. The van der Waals surface area contributed by atoms with Crippen molar-refractivity contribution in [3.05, 3.63) is 0 Å². The third kappa shape index (κ3) is 3.30. The molecule has 0 aromatic heterocycles. The van der Waals surface area contributed by atoms with E-state index in [2.05, 4.69) is 13.8 Å². The summed E-state index contributed by atoms with van der Waals surface area (Å²) in [4.78, 5) is 0. The molecule has 1 aliphatic heterocycles. The molecule has 0 spiro atoms. The average Bonchev–Trinajstić information content (AvgIpc) is 2.61. The summed E-state index contributed by atoms with van der Waals surface area (Å²) < 4.78 is 5.94. The first-order valence-corrected chi connectivity index (χ1v) is 5.97. The summed E-state index contributed by atoms with van der Waals surface area (Å²) in [5, 5.41) is 0. The van der Waals surface area contributed by atoms with Gasteiger partial charge in [0.25, 0.3) is 0 Å². The molecule has 0 atom stereocenters. The molecule has 0 N–H and O–H groups in total. The highest BCUT2D eigenvalue weighted by molar-refractivity contribution is 4.84. The molecule has 1 heterocycles. The summed E-state index contributed by atoms with van der Waals surface area (Å²) >= 11 is 0. The van der Waals surface area contributed by atoms with E-state index in [0.717, 1.165) is 6.61 Å². The molecule has 0 amide bonds. The van der Waals surface area contributed by atoms with Crippen molar-refractivity contribution in [3.63, 3.8) is 0 Å². The molecule has 0 aromatic rings. The van der Waals surface area contributed by atoms with Crippen LogP contribution in [0.15, 0.2) is 0 Å². The third-order valence-electron chi connectivity index (χ3n) is 3.16. The maximum atomic E-state index is 5.94. The zero-order valence-corrected chi connectivity index (χ0v) is 9.27. The SMILES string of the molecule is CCCCC1(CCCC)CCCO1. The lowest BCUT2D eigenvalue weighted by Crippen LogP contribution is -2.27. The normalized spacial score (nSPS) is 20.8. The van der Waals surface area contributed by atoms with Crippen LogP contribution in [0.3, 0.4) is 0 Å². The number of ether oxygens (including phenoxy) is 1. The summed E-state index contributed by atoms with van der Waals surface area (Å²) in [5.74, 6) is 0. The topological polar surface area (TPSA) is 9.23 Å². The fourth-order valence-corrected chi connectivity index (χ4v) is 2.27. The van der Waals surface area contributed by atoms with Gasteiger partial charge in [-0.05, 0) is 25.7 Å². The molecular formula is C12H24O. The van der Waals surface area contributed by atoms with Crippen LogP contribution in [0.25, 0.3) is 0 Å². The lowest BCUT2D eigenvalue weighted by molar-refractivity contribution is -0.0128. The van der Waals surface area contributed by atoms with Crippen LogP contribution in [0, 0.1) is 0 Å². The molecule has 1 heteroatoms. The molecule has 1 aliphatic rings. The van der Waals surface area contributed by atoms with Gasteiger partial charge in [-0.1, -0.05) is 39.5 Å². The Morgan fingerprint density at radius 1 is 1.08 bits per heavy atom. The zero-order valence-electron chi connectivity index (χ0n) is 9.27. The maximum Gasteiger partial charge on any atom is 0.0683 e. The standard InChI is InChI=1S/C12H24O/c1-3-5-8-12(9-6-4-2)10-7-11-13-12/h3-11H2,1-2H3. The molecule has 0 bridgehead atoms. The van der Waals surface area contributed by atoms with Gasteiger partial charge in [-0.2, -0.15) is 0 Å². The molecule has 13 heavy (non-hydrogen) atoms. The van der Waals surface area contributed by atoms with E-state index in [0.29, 0.717) is 5.60 Å². The minimum Gasteiger partial charge on any atom is -0.375 e. The molecule has 0 aromatic carbocycles. The van der Waals surface area contributed by atoms with E-state index in [-0.39, 0.29) is 0 Å². The van der Waals surface area contributed by atoms with Crippen LogP contribution in [0.2, 0.25) is 0 Å². The van der Waals surface area contributed by atoms with Crippen molar-refractivity contribution in [3.8, 4) is 0 Å². The molecule has 78 valence electrons. The van der Waals surface area contributed by atoms with Crippen LogP contribution in [0.4, 0.5) is 0 Å². The number of hydrogen-bond donors (Lipinski definition) is 0. The van der Waals surface area contributed by atoms with E-state index in [4.69, 9.17) is 4.74 Å². The van der Waals surface area contributed by atoms with E-state index in [1.54, 1.807) is 0 Å². The van der Waals surface area contributed by atoms with Crippen LogP contribution < -0.4 is 0 Å². The van der Waals surface area contributed by atoms with Crippen LogP contribution in [-0.4, -0.2) is 12.2 Å². The minimum atomic E-state index is 0.298. The lowest BCUT2D eigenvalue weighted by atomic mass is 9.88. The van der Waals surface area contributed by atoms with E-state index in [1.807, 2.05) is 0 Å². The first-order chi connectivity index (χ1) is 6.33. The van der Waals surface area contributed by atoms with Crippen molar-refractivity contribution in [2.24, 2.45) is 0 Å². The van der Waals surface area contributed by atoms with Gasteiger partial charge in [0.1, 0.15) is 0 Å². The first kappa shape index (κ1) is 11.0. The van der Waals surface area contributed by atoms with Crippen molar-refractivity contribution >= 4 is 0 Å². The van der Waals surface area contributed by atoms with Gasteiger partial charge < -0.3 is 4.74 Å². The molecular weight excluding hydrogens is 160 g/mol. The van der Waals surface area contributed by atoms with Crippen molar-refractivity contribution in [1.82, 2.24) is 0 Å².